The molecule has 2 aromatic carbocycles. The zero-order valence-electron chi connectivity index (χ0n) is 25.4. The number of likely N-dealkylation sites (tertiary alicyclic amines) is 1. The van der Waals surface area contributed by atoms with Gasteiger partial charge in [-0.05, 0) is 62.9 Å². The first-order valence-corrected chi connectivity index (χ1v) is 15.6. The van der Waals surface area contributed by atoms with E-state index in [2.05, 4.69) is 17.1 Å². The minimum atomic E-state index is -0.636. The summed E-state index contributed by atoms with van der Waals surface area (Å²) in [5.74, 6) is -1.66. The van der Waals surface area contributed by atoms with Crippen molar-refractivity contribution < 1.29 is 23.5 Å². The average molecular weight is 607 g/mol. The van der Waals surface area contributed by atoms with Crippen molar-refractivity contribution in [3.8, 4) is 0 Å². The normalized spacial score (nSPS) is 21.7. The van der Waals surface area contributed by atoms with E-state index >= 15 is 0 Å². The number of benzene rings is 2. The molecule has 44 heavy (non-hydrogen) atoms. The van der Waals surface area contributed by atoms with E-state index in [1.54, 1.807) is 34.1 Å². The second-order valence-electron chi connectivity index (χ2n) is 12.2. The molecule has 4 N–H and O–H groups in total. The molecule has 3 fully saturated rings. The second kappa shape index (κ2) is 14.4. The fraction of sp³-hybridized carbons (Fsp3) is 0.515. The van der Waals surface area contributed by atoms with E-state index in [9.17, 15) is 18.8 Å². The Morgan fingerprint density at radius 2 is 1.61 bits per heavy atom. The smallest absolute Gasteiger partial charge is 0.256 e. The lowest BCUT2D eigenvalue weighted by Crippen LogP contribution is -2.53. The summed E-state index contributed by atoms with van der Waals surface area (Å²) in [5, 5.41) is 12.0. The first-order valence-electron chi connectivity index (χ1n) is 15.6. The molecule has 3 saturated heterocycles. The van der Waals surface area contributed by atoms with Crippen molar-refractivity contribution in [1.29, 1.82) is 5.41 Å². The van der Waals surface area contributed by atoms with Crippen LogP contribution in [0.25, 0.3) is 0 Å². The first kappa shape index (κ1) is 31.7. The van der Waals surface area contributed by atoms with Gasteiger partial charge in [-0.25, -0.2) is 4.39 Å². The van der Waals surface area contributed by atoms with Gasteiger partial charge >= 0.3 is 0 Å². The molecule has 3 aliphatic rings. The van der Waals surface area contributed by atoms with Crippen molar-refractivity contribution in [3.05, 3.63) is 70.5 Å². The molecule has 3 heterocycles. The van der Waals surface area contributed by atoms with Crippen molar-refractivity contribution in [2.45, 2.75) is 57.3 Å². The van der Waals surface area contributed by atoms with Crippen LogP contribution in [0.2, 0.25) is 0 Å². The molecule has 10 nitrogen and oxygen atoms in total. The number of primary amides is 1. The van der Waals surface area contributed by atoms with Crippen LogP contribution >= 0.6 is 0 Å². The lowest BCUT2D eigenvalue weighted by molar-refractivity contribution is -0.135. The van der Waals surface area contributed by atoms with Gasteiger partial charge in [-0.15, -0.1) is 0 Å². The van der Waals surface area contributed by atoms with Crippen molar-refractivity contribution in [2.75, 3.05) is 52.4 Å². The molecule has 2 atom stereocenters. The quantitative estimate of drug-likeness (QED) is 0.376. The Morgan fingerprint density at radius 3 is 2.30 bits per heavy atom. The summed E-state index contributed by atoms with van der Waals surface area (Å²) in [7, 11) is 0. The van der Waals surface area contributed by atoms with Crippen LogP contribution in [0.1, 0.15) is 64.4 Å². The van der Waals surface area contributed by atoms with E-state index in [-0.39, 0.29) is 35.3 Å². The number of hydrogen-bond acceptors (Lipinski definition) is 7. The number of piperazine rings is 1. The molecule has 5 rings (SSSR count). The summed E-state index contributed by atoms with van der Waals surface area (Å²) in [6.45, 7) is 6.64. The number of hydrogen-bond donors (Lipinski definition) is 3. The Labute approximate surface area is 258 Å². The Bertz CT molecular complexity index is 1370. The average Bonchev–Trinajstić information content (AvgIpc) is 3.02. The van der Waals surface area contributed by atoms with Gasteiger partial charge in [0.2, 0.25) is 11.8 Å². The molecule has 0 saturated carbocycles. The van der Waals surface area contributed by atoms with Gasteiger partial charge < -0.3 is 31.0 Å². The van der Waals surface area contributed by atoms with Crippen LogP contribution in [0.15, 0.2) is 42.5 Å². The summed E-state index contributed by atoms with van der Waals surface area (Å²) >= 11 is 0. The fourth-order valence-corrected chi connectivity index (χ4v) is 6.41. The van der Waals surface area contributed by atoms with Crippen molar-refractivity contribution in [2.24, 2.45) is 5.73 Å². The summed E-state index contributed by atoms with van der Waals surface area (Å²) in [5.41, 5.74) is 6.75. The SMILES string of the molecule is CC1CC(OC2CCN(CC(=O)N3CCN(C(=O)c4cc(CC(=N)c5ccccc5C(N)=O)ccc4F)CC3)CC2)CCN1. The number of piperidine rings is 2. The van der Waals surface area contributed by atoms with Crippen LogP contribution in [0, 0.1) is 11.2 Å². The van der Waals surface area contributed by atoms with Crippen LogP contribution < -0.4 is 11.1 Å². The number of nitrogens with one attached hydrogen (secondary N) is 2. The fourth-order valence-electron chi connectivity index (χ4n) is 6.41. The maximum absolute atomic E-state index is 14.8. The summed E-state index contributed by atoms with van der Waals surface area (Å²) < 4.78 is 21.2. The number of nitrogens with zero attached hydrogens (tertiary/aromatic N) is 3. The molecule has 0 aliphatic carbocycles. The van der Waals surface area contributed by atoms with Crippen LogP contribution in [0.5, 0.6) is 0 Å². The molecule has 0 radical (unpaired) electrons. The highest BCUT2D eigenvalue weighted by Crippen LogP contribution is 2.22. The lowest BCUT2D eigenvalue weighted by atomic mass is 9.96. The monoisotopic (exact) mass is 606 g/mol. The Hall–Kier alpha value is -3.67. The van der Waals surface area contributed by atoms with Gasteiger partial charge in [-0.2, -0.15) is 0 Å². The summed E-state index contributed by atoms with van der Waals surface area (Å²) in [6, 6.07) is 11.3. The van der Waals surface area contributed by atoms with Crippen molar-refractivity contribution in [1.82, 2.24) is 20.0 Å². The third-order valence-electron chi connectivity index (χ3n) is 8.93. The number of halogens is 1. The standard InChI is InChI=1S/C33H43FN6O4/c1-22-18-25(8-11-37-22)44-24-9-12-38(13-10-24)21-31(41)39-14-16-40(17-15-39)33(43)28-19-23(6-7-29(28)34)20-30(35)26-4-2-3-5-27(26)32(36)42/h2-7,19,22,24-25,35,37H,8-18,20-21H2,1H3,(H2,36,42). The maximum Gasteiger partial charge on any atom is 0.256 e. The van der Waals surface area contributed by atoms with Crippen LogP contribution in [-0.4, -0.2) is 109 Å². The summed E-state index contributed by atoms with van der Waals surface area (Å²) in [6.07, 6.45) is 4.62. The van der Waals surface area contributed by atoms with Crippen LogP contribution in [-0.2, 0) is 16.0 Å². The third kappa shape index (κ3) is 7.88. The van der Waals surface area contributed by atoms with E-state index in [1.807, 2.05) is 0 Å². The van der Waals surface area contributed by atoms with Gasteiger partial charge in [-0.3, -0.25) is 19.3 Å². The number of nitrogens with two attached hydrogens (primary N) is 1. The summed E-state index contributed by atoms with van der Waals surface area (Å²) in [4.78, 5) is 43.7. The largest absolute Gasteiger partial charge is 0.375 e. The molecule has 0 aromatic heterocycles. The van der Waals surface area contributed by atoms with Crippen LogP contribution in [0.3, 0.4) is 0 Å². The van der Waals surface area contributed by atoms with E-state index in [0.29, 0.717) is 56.0 Å². The predicted octanol–water partition coefficient (Wildman–Crippen LogP) is 2.44. The minimum absolute atomic E-state index is 0.0478. The van der Waals surface area contributed by atoms with E-state index in [1.165, 1.54) is 18.2 Å². The number of amides is 3. The molecular formula is C33H43FN6O4. The molecular weight excluding hydrogens is 563 g/mol. The van der Waals surface area contributed by atoms with Gasteiger partial charge in [0.05, 0.1) is 24.3 Å². The Morgan fingerprint density at radius 1 is 0.932 bits per heavy atom. The second-order valence-corrected chi connectivity index (χ2v) is 12.2. The number of carbonyl (C=O) groups is 3. The first-order chi connectivity index (χ1) is 21.2. The zero-order valence-corrected chi connectivity index (χ0v) is 25.4. The maximum atomic E-state index is 14.8. The van der Waals surface area contributed by atoms with Crippen molar-refractivity contribution in [3.63, 3.8) is 0 Å². The zero-order chi connectivity index (χ0) is 31.2. The van der Waals surface area contributed by atoms with Gasteiger partial charge in [0.25, 0.3) is 5.91 Å². The predicted molar refractivity (Wildman–Crippen MR) is 165 cm³/mol. The number of rotatable bonds is 9. The number of carbonyl (C=O) groups excluding carboxylic acids is 3. The highest BCUT2D eigenvalue weighted by molar-refractivity contribution is 6.09. The molecule has 0 spiro atoms. The lowest BCUT2D eigenvalue weighted by Gasteiger charge is -2.38. The van der Waals surface area contributed by atoms with E-state index in [4.69, 9.17) is 15.9 Å². The van der Waals surface area contributed by atoms with Gasteiger partial charge in [0, 0.05) is 68.6 Å². The minimum Gasteiger partial charge on any atom is -0.375 e. The van der Waals surface area contributed by atoms with Gasteiger partial charge in [-0.1, -0.05) is 24.3 Å². The molecule has 11 heteroatoms. The van der Waals surface area contributed by atoms with E-state index in [0.717, 1.165) is 45.3 Å². The molecule has 0 bridgehead atoms. The Balaban J connectivity index is 1.09. The third-order valence-corrected chi connectivity index (χ3v) is 8.93. The topological polar surface area (TPSA) is 132 Å². The highest BCUT2D eigenvalue weighted by Gasteiger charge is 2.30. The van der Waals surface area contributed by atoms with Crippen LogP contribution in [0.4, 0.5) is 4.39 Å². The Kier molecular flexibility index (Phi) is 10.4. The highest BCUT2D eigenvalue weighted by atomic mass is 19.1. The molecule has 3 amide bonds. The van der Waals surface area contributed by atoms with Crippen molar-refractivity contribution >= 4 is 23.4 Å². The molecule has 2 aromatic rings. The molecule has 236 valence electrons. The van der Waals surface area contributed by atoms with Gasteiger partial charge in [0.15, 0.2) is 0 Å². The molecule has 2 unspecified atom stereocenters. The number of ether oxygens (including phenoxy) is 1. The van der Waals surface area contributed by atoms with Gasteiger partial charge in [0.1, 0.15) is 5.82 Å². The van der Waals surface area contributed by atoms with E-state index < -0.39 is 17.6 Å². The molecule has 3 aliphatic heterocycles.